The lowest BCUT2D eigenvalue weighted by Gasteiger charge is -2.25. The molecule has 188 valence electrons. The molecule has 1 atom stereocenters. The standard InChI is InChI=1S/C29H33N3O4/c1-35-26-12-7-10-24(18-26)22-36-27-19-31(17-15-23-8-3-2-4-9-23)29(34)21-32(20-27)28(33)14-13-25-11-5-6-16-30-25/h2-12,16,18,27H,13-15,17,19-22H2,1H3/t27-/m0/s1. The zero-order valence-corrected chi connectivity index (χ0v) is 20.7. The van der Waals surface area contributed by atoms with Crippen LogP contribution in [-0.2, 0) is 33.8 Å². The van der Waals surface area contributed by atoms with Gasteiger partial charge in [-0.15, -0.1) is 0 Å². The highest BCUT2D eigenvalue weighted by atomic mass is 16.5. The highest BCUT2D eigenvalue weighted by Crippen LogP contribution is 2.17. The van der Waals surface area contributed by atoms with Gasteiger partial charge in [-0.1, -0.05) is 48.5 Å². The number of rotatable bonds is 10. The van der Waals surface area contributed by atoms with Gasteiger partial charge in [0.25, 0.3) is 0 Å². The van der Waals surface area contributed by atoms with Crippen LogP contribution in [0.1, 0.15) is 23.2 Å². The summed E-state index contributed by atoms with van der Waals surface area (Å²) in [4.78, 5) is 34.1. The summed E-state index contributed by atoms with van der Waals surface area (Å²) in [5.74, 6) is 0.654. The zero-order valence-electron chi connectivity index (χ0n) is 20.7. The summed E-state index contributed by atoms with van der Waals surface area (Å²) in [6.45, 7) is 1.84. The molecule has 1 saturated heterocycles. The van der Waals surface area contributed by atoms with E-state index in [-0.39, 0.29) is 24.5 Å². The molecule has 0 unspecified atom stereocenters. The monoisotopic (exact) mass is 487 g/mol. The van der Waals surface area contributed by atoms with Crippen molar-refractivity contribution in [2.24, 2.45) is 0 Å². The van der Waals surface area contributed by atoms with E-state index in [2.05, 4.69) is 17.1 Å². The second-order valence-electron chi connectivity index (χ2n) is 8.96. The minimum atomic E-state index is -0.294. The van der Waals surface area contributed by atoms with Crippen LogP contribution in [0.4, 0.5) is 0 Å². The van der Waals surface area contributed by atoms with Crippen molar-refractivity contribution >= 4 is 11.8 Å². The maximum Gasteiger partial charge on any atom is 0.242 e. The van der Waals surface area contributed by atoms with Gasteiger partial charge in [0.1, 0.15) is 5.75 Å². The number of aromatic nitrogens is 1. The normalized spacial score (nSPS) is 16.0. The molecular weight excluding hydrogens is 454 g/mol. The minimum absolute atomic E-state index is 0.0513. The number of carbonyl (C=O) groups is 2. The molecule has 3 aromatic rings. The minimum Gasteiger partial charge on any atom is -0.497 e. The summed E-state index contributed by atoms with van der Waals surface area (Å²) in [6, 6.07) is 23.5. The first-order valence-electron chi connectivity index (χ1n) is 12.3. The summed E-state index contributed by atoms with van der Waals surface area (Å²) in [7, 11) is 1.63. The van der Waals surface area contributed by atoms with Gasteiger partial charge >= 0.3 is 0 Å². The van der Waals surface area contributed by atoms with Crippen LogP contribution < -0.4 is 4.74 Å². The molecule has 1 aliphatic rings. The molecule has 4 rings (SSSR count). The zero-order chi connectivity index (χ0) is 25.2. The lowest BCUT2D eigenvalue weighted by molar-refractivity contribution is -0.138. The maximum absolute atomic E-state index is 13.2. The average Bonchev–Trinajstić information content (AvgIpc) is 3.09. The fourth-order valence-electron chi connectivity index (χ4n) is 4.31. The van der Waals surface area contributed by atoms with E-state index in [1.54, 1.807) is 18.2 Å². The fourth-order valence-corrected chi connectivity index (χ4v) is 4.31. The number of benzene rings is 2. The van der Waals surface area contributed by atoms with Crippen molar-refractivity contribution in [2.45, 2.75) is 32.0 Å². The van der Waals surface area contributed by atoms with Gasteiger partial charge in [0.2, 0.25) is 11.8 Å². The Morgan fingerprint density at radius 2 is 1.78 bits per heavy atom. The Hall–Kier alpha value is -3.71. The number of methoxy groups -OCH3 is 1. The molecule has 1 aliphatic heterocycles. The number of amides is 2. The van der Waals surface area contributed by atoms with E-state index in [9.17, 15) is 9.59 Å². The molecule has 0 spiro atoms. The number of ether oxygens (including phenoxy) is 2. The predicted molar refractivity (Wildman–Crippen MR) is 137 cm³/mol. The quantitative estimate of drug-likeness (QED) is 0.438. The molecule has 0 radical (unpaired) electrons. The van der Waals surface area contributed by atoms with Crippen molar-refractivity contribution in [3.8, 4) is 5.75 Å². The molecular formula is C29H33N3O4. The summed E-state index contributed by atoms with van der Waals surface area (Å²) in [5, 5.41) is 0. The van der Waals surface area contributed by atoms with Crippen LogP contribution in [0.15, 0.2) is 79.0 Å². The SMILES string of the molecule is COc1cccc(CO[C@H]2CN(CCc3ccccc3)C(=O)CN(C(=O)CCc3ccccn3)C2)c1. The van der Waals surface area contributed by atoms with E-state index in [0.29, 0.717) is 39.1 Å². The Kier molecular flexibility index (Phi) is 9.05. The highest BCUT2D eigenvalue weighted by molar-refractivity contribution is 5.85. The number of hydrogen-bond acceptors (Lipinski definition) is 5. The summed E-state index contributed by atoms with van der Waals surface area (Å²) in [6.07, 6.45) is 3.02. The van der Waals surface area contributed by atoms with Crippen LogP contribution in [0.5, 0.6) is 5.75 Å². The van der Waals surface area contributed by atoms with Gasteiger partial charge in [-0.3, -0.25) is 14.6 Å². The lowest BCUT2D eigenvalue weighted by atomic mass is 10.1. The third-order valence-corrected chi connectivity index (χ3v) is 6.33. The van der Waals surface area contributed by atoms with Crippen molar-refractivity contribution in [1.82, 2.24) is 14.8 Å². The summed E-state index contributed by atoms with van der Waals surface area (Å²) >= 11 is 0. The Bertz CT molecular complexity index is 1120. The molecule has 7 nitrogen and oxygen atoms in total. The molecule has 2 heterocycles. The van der Waals surface area contributed by atoms with Crippen molar-refractivity contribution in [3.05, 3.63) is 95.8 Å². The van der Waals surface area contributed by atoms with Crippen LogP contribution >= 0.6 is 0 Å². The maximum atomic E-state index is 13.2. The number of aryl methyl sites for hydroxylation is 1. The molecule has 1 aromatic heterocycles. The molecule has 2 aromatic carbocycles. The molecule has 0 saturated carbocycles. The lowest BCUT2D eigenvalue weighted by Crippen LogP contribution is -2.40. The van der Waals surface area contributed by atoms with E-state index < -0.39 is 0 Å². The molecule has 0 N–H and O–H groups in total. The topological polar surface area (TPSA) is 72.0 Å². The Labute approximate surface area is 212 Å². The van der Waals surface area contributed by atoms with Gasteiger partial charge in [0.15, 0.2) is 0 Å². The van der Waals surface area contributed by atoms with Gasteiger partial charge in [0, 0.05) is 37.9 Å². The van der Waals surface area contributed by atoms with Crippen molar-refractivity contribution in [3.63, 3.8) is 0 Å². The number of hydrogen-bond donors (Lipinski definition) is 0. The van der Waals surface area contributed by atoms with E-state index in [0.717, 1.165) is 23.4 Å². The molecule has 0 bridgehead atoms. The molecule has 0 aliphatic carbocycles. The Balaban J connectivity index is 1.43. The number of carbonyl (C=O) groups excluding carboxylic acids is 2. The third kappa shape index (κ3) is 7.39. The summed E-state index contributed by atoms with van der Waals surface area (Å²) in [5.41, 5.74) is 3.02. The van der Waals surface area contributed by atoms with Crippen LogP contribution in [-0.4, -0.2) is 66.0 Å². The Morgan fingerprint density at radius 3 is 2.56 bits per heavy atom. The predicted octanol–water partition coefficient (Wildman–Crippen LogP) is 3.52. The molecule has 7 heteroatoms. The third-order valence-electron chi connectivity index (χ3n) is 6.33. The second kappa shape index (κ2) is 12.8. The van der Waals surface area contributed by atoms with E-state index in [1.807, 2.05) is 65.6 Å². The van der Waals surface area contributed by atoms with Gasteiger partial charge in [-0.25, -0.2) is 0 Å². The smallest absolute Gasteiger partial charge is 0.242 e. The van der Waals surface area contributed by atoms with Crippen LogP contribution in [0.2, 0.25) is 0 Å². The van der Waals surface area contributed by atoms with Gasteiger partial charge in [0.05, 0.1) is 26.4 Å². The molecule has 1 fully saturated rings. The van der Waals surface area contributed by atoms with Crippen molar-refractivity contribution < 1.29 is 19.1 Å². The molecule has 36 heavy (non-hydrogen) atoms. The molecule has 2 amide bonds. The van der Waals surface area contributed by atoms with Crippen LogP contribution in [0.25, 0.3) is 0 Å². The highest BCUT2D eigenvalue weighted by Gasteiger charge is 2.30. The van der Waals surface area contributed by atoms with Gasteiger partial charge in [-0.2, -0.15) is 0 Å². The average molecular weight is 488 g/mol. The van der Waals surface area contributed by atoms with E-state index in [4.69, 9.17) is 9.47 Å². The van der Waals surface area contributed by atoms with E-state index >= 15 is 0 Å². The number of nitrogens with zero attached hydrogens (tertiary/aromatic N) is 3. The summed E-state index contributed by atoms with van der Waals surface area (Å²) < 4.78 is 11.6. The van der Waals surface area contributed by atoms with Gasteiger partial charge in [-0.05, 0) is 48.2 Å². The van der Waals surface area contributed by atoms with Crippen molar-refractivity contribution in [2.75, 3.05) is 33.3 Å². The second-order valence-corrected chi connectivity index (χ2v) is 8.96. The van der Waals surface area contributed by atoms with Crippen LogP contribution in [0, 0.1) is 0 Å². The van der Waals surface area contributed by atoms with Crippen LogP contribution in [0.3, 0.4) is 0 Å². The first-order valence-corrected chi connectivity index (χ1v) is 12.3. The van der Waals surface area contributed by atoms with E-state index in [1.165, 1.54) is 5.56 Å². The first kappa shape index (κ1) is 25.4. The number of pyridine rings is 1. The largest absolute Gasteiger partial charge is 0.497 e. The van der Waals surface area contributed by atoms with Crippen molar-refractivity contribution in [1.29, 1.82) is 0 Å². The first-order chi connectivity index (χ1) is 17.6. The fraction of sp³-hybridized carbons (Fsp3) is 0.345. The Morgan fingerprint density at radius 1 is 0.972 bits per heavy atom. The van der Waals surface area contributed by atoms with Gasteiger partial charge < -0.3 is 19.3 Å².